The van der Waals surface area contributed by atoms with Gasteiger partial charge in [-0.25, -0.2) is 9.78 Å². The minimum Gasteiger partial charge on any atom is -0.455 e. The van der Waals surface area contributed by atoms with E-state index in [0.29, 0.717) is 12.2 Å². The summed E-state index contributed by atoms with van der Waals surface area (Å²) in [6, 6.07) is 5.07. The third-order valence-corrected chi connectivity index (χ3v) is 5.77. The maximum Gasteiger partial charge on any atom is 0.321 e. The Kier molecular flexibility index (Phi) is 6.69. The lowest BCUT2D eigenvalue weighted by Crippen LogP contribution is -2.41. The van der Waals surface area contributed by atoms with Crippen molar-refractivity contribution in [2.75, 3.05) is 6.61 Å². The number of amides is 3. The average molecular weight is 422 g/mol. The van der Waals surface area contributed by atoms with Crippen molar-refractivity contribution in [2.45, 2.75) is 13.0 Å². The number of carbonyl (C=O) groups is 3. The molecule has 3 rings (SSSR count). The highest BCUT2D eigenvalue weighted by molar-refractivity contribution is 7.14. The van der Waals surface area contributed by atoms with Crippen LogP contribution in [-0.2, 0) is 27.3 Å². The molecule has 0 bridgehead atoms. The predicted molar refractivity (Wildman–Crippen MR) is 105 cm³/mol. The first-order valence-electron chi connectivity index (χ1n) is 7.83. The second-order valence-electron chi connectivity index (χ2n) is 5.30. The van der Waals surface area contributed by atoms with Crippen LogP contribution in [0.1, 0.15) is 10.6 Å². The molecule has 0 radical (unpaired) electrons. The molecule has 3 aromatic heterocycles. The molecule has 0 aliphatic carbocycles. The first-order chi connectivity index (χ1) is 13.1. The monoisotopic (exact) mass is 421 g/mol. The van der Waals surface area contributed by atoms with E-state index in [1.54, 1.807) is 16.7 Å². The van der Waals surface area contributed by atoms with Gasteiger partial charge >= 0.3 is 12.0 Å². The summed E-state index contributed by atoms with van der Waals surface area (Å²) in [7, 11) is 0. The van der Waals surface area contributed by atoms with Crippen molar-refractivity contribution in [3.63, 3.8) is 0 Å². The number of aromatic nitrogens is 1. The normalized spacial score (nSPS) is 10.4. The summed E-state index contributed by atoms with van der Waals surface area (Å²) >= 11 is 4.52. The van der Waals surface area contributed by atoms with Gasteiger partial charge in [-0.1, -0.05) is 6.07 Å². The van der Waals surface area contributed by atoms with E-state index in [-0.39, 0.29) is 6.42 Å². The Labute approximate surface area is 167 Å². The molecular weight excluding hydrogens is 406 g/mol. The van der Waals surface area contributed by atoms with Gasteiger partial charge in [0.1, 0.15) is 5.01 Å². The van der Waals surface area contributed by atoms with Gasteiger partial charge in [-0.3, -0.25) is 14.9 Å². The van der Waals surface area contributed by atoms with E-state index < -0.39 is 24.5 Å². The van der Waals surface area contributed by atoms with Crippen LogP contribution in [0.25, 0.3) is 10.6 Å². The molecule has 0 saturated heterocycles. The Balaban J connectivity index is 1.37. The largest absolute Gasteiger partial charge is 0.455 e. The van der Waals surface area contributed by atoms with Crippen LogP contribution in [-0.4, -0.2) is 29.5 Å². The first-order valence-corrected chi connectivity index (χ1v) is 10.5. The van der Waals surface area contributed by atoms with Gasteiger partial charge in [0.15, 0.2) is 6.61 Å². The molecular formula is C17H15N3O4S3. The zero-order chi connectivity index (χ0) is 19.1. The van der Waals surface area contributed by atoms with Gasteiger partial charge in [-0.2, -0.15) is 11.3 Å². The SMILES string of the molecule is O=C(COC(=O)Cc1csc(-c2ccsc2)n1)NC(=O)NCc1cccs1. The highest BCUT2D eigenvalue weighted by Gasteiger charge is 2.13. The molecule has 7 nitrogen and oxygen atoms in total. The summed E-state index contributed by atoms with van der Waals surface area (Å²) in [5.41, 5.74) is 1.60. The number of imide groups is 1. The van der Waals surface area contributed by atoms with Gasteiger partial charge in [-0.05, 0) is 22.9 Å². The standard InChI is InChI=1S/C17H15N3O4S3/c21-14(20-17(23)18-7-13-2-1-4-26-13)8-24-15(22)6-12-10-27-16(19-12)11-3-5-25-9-11/h1-5,9-10H,6-8H2,(H2,18,20,21,23). The highest BCUT2D eigenvalue weighted by atomic mass is 32.1. The van der Waals surface area contributed by atoms with Gasteiger partial charge in [0.25, 0.3) is 5.91 Å². The molecule has 3 heterocycles. The Morgan fingerprint density at radius 1 is 1.11 bits per heavy atom. The van der Waals surface area contributed by atoms with Crippen LogP contribution in [0.4, 0.5) is 4.79 Å². The number of ether oxygens (including phenoxy) is 1. The molecule has 0 unspecified atom stereocenters. The van der Waals surface area contributed by atoms with Crippen LogP contribution in [0.2, 0.25) is 0 Å². The lowest BCUT2D eigenvalue weighted by molar-refractivity contribution is -0.147. The Morgan fingerprint density at radius 2 is 2.00 bits per heavy atom. The Hall–Kier alpha value is -2.56. The molecule has 0 atom stereocenters. The Bertz CT molecular complexity index is 904. The predicted octanol–water partition coefficient (Wildman–Crippen LogP) is 3.04. The van der Waals surface area contributed by atoms with Gasteiger partial charge in [0, 0.05) is 21.2 Å². The van der Waals surface area contributed by atoms with Gasteiger partial charge in [0.2, 0.25) is 0 Å². The number of hydrogen-bond donors (Lipinski definition) is 2. The van der Waals surface area contributed by atoms with Crippen molar-refractivity contribution in [3.8, 4) is 10.6 Å². The average Bonchev–Trinajstić information content (AvgIpc) is 3.39. The van der Waals surface area contributed by atoms with E-state index in [1.807, 2.05) is 34.3 Å². The van der Waals surface area contributed by atoms with Crippen molar-refractivity contribution in [3.05, 3.63) is 50.3 Å². The van der Waals surface area contributed by atoms with E-state index >= 15 is 0 Å². The molecule has 0 aromatic carbocycles. The molecule has 3 amide bonds. The second-order valence-corrected chi connectivity index (χ2v) is 7.97. The lowest BCUT2D eigenvalue weighted by Gasteiger charge is -2.06. The van der Waals surface area contributed by atoms with Gasteiger partial charge in [0.05, 0.1) is 18.7 Å². The van der Waals surface area contributed by atoms with E-state index in [4.69, 9.17) is 4.74 Å². The van der Waals surface area contributed by atoms with Crippen LogP contribution < -0.4 is 10.6 Å². The number of nitrogens with zero attached hydrogens (tertiary/aromatic N) is 1. The zero-order valence-corrected chi connectivity index (χ0v) is 16.4. The summed E-state index contributed by atoms with van der Waals surface area (Å²) in [6.45, 7) is -0.195. The van der Waals surface area contributed by atoms with Crippen LogP contribution in [0.15, 0.2) is 39.7 Å². The number of rotatable bonds is 7. The summed E-state index contributed by atoms with van der Waals surface area (Å²) in [4.78, 5) is 40.5. The zero-order valence-electron chi connectivity index (χ0n) is 14.0. The topological polar surface area (TPSA) is 97.4 Å². The fourth-order valence-corrected chi connectivity index (χ4v) is 4.22. The Morgan fingerprint density at radius 3 is 2.74 bits per heavy atom. The van der Waals surface area contributed by atoms with Gasteiger partial charge in [-0.15, -0.1) is 22.7 Å². The van der Waals surface area contributed by atoms with Crippen molar-refractivity contribution < 1.29 is 19.1 Å². The molecule has 0 aliphatic heterocycles. The summed E-state index contributed by atoms with van der Waals surface area (Å²) in [5.74, 6) is -1.27. The number of urea groups is 1. The van der Waals surface area contributed by atoms with Crippen molar-refractivity contribution in [1.82, 2.24) is 15.6 Å². The molecule has 27 heavy (non-hydrogen) atoms. The highest BCUT2D eigenvalue weighted by Crippen LogP contribution is 2.25. The summed E-state index contributed by atoms with van der Waals surface area (Å²) < 4.78 is 4.90. The number of nitrogens with one attached hydrogen (secondary N) is 2. The van der Waals surface area contributed by atoms with Crippen molar-refractivity contribution >= 4 is 51.9 Å². The molecule has 0 aliphatic rings. The number of carbonyl (C=O) groups excluding carboxylic acids is 3. The van der Waals surface area contributed by atoms with Crippen molar-refractivity contribution in [2.24, 2.45) is 0 Å². The third-order valence-electron chi connectivity index (χ3n) is 3.27. The van der Waals surface area contributed by atoms with Crippen LogP contribution >= 0.6 is 34.0 Å². The molecule has 140 valence electrons. The van der Waals surface area contributed by atoms with Crippen LogP contribution in [0.3, 0.4) is 0 Å². The molecule has 2 N–H and O–H groups in total. The quantitative estimate of drug-likeness (QED) is 0.572. The molecule has 0 saturated carbocycles. The smallest absolute Gasteiger partial charge is 0.321 e. The summed E-state index contributed by atoms with van der Waals surface area (Å²) in [6.07, 6.45) is -0.0293. The number of esters is 1. The van der Waals surface area contributed by atoms with E-state index in [0.717, 1.165) is 15.4 Å². The van der Waals surface area contributed by atoms with E-state index in [1.165, 1.54) is 22.7 Å². The van der Waals surface area contributed by atoms with E-state index in [9.17, 15) is 14.4 Å². The molecule has 3 aromatic rings. The van der Waals surface area contributed by atoms with Crippen LogP contribution in [0.5, 0.6) is 0 Å². The van der Waals surface area contributed by atoms with Crippen LogP contribution in [0, 0.1) is 0 Å². The molecule has 0 fully saturated rings. The fraction of sp³-hybridized carbons (Fsp3) is 0.176. The second kappa shape index (κ2) is 9.40. The third kappa shape index (κ3) is 5.98. The fourth-order valence-electron chi connectivity index (χ4n) is 2.04. The lowest BCUT2D eigenvalue weighted by atomic mass is 10.3. The van der Waals surface area contributed by atoms with E-state index in [2.05, 4.69) is 15.6 Å². The summed E-state index contributed by atoms with van der Waals surface area (Å²) in [5, 5.41) is 13.1. The number of thiazole rings is 1. The first kappa shape index (κ1) is 19.2. The number of hydrogen-bond acceptors (Lipinski definition) is 8. The molecule has 0 spiro atoms. The number of thiophene rings is 2. The maximum absolute atomic E-state index is 11.8. The van der Waals surface area contributed by atoms with Gasteiger partial charge < -0.3 is 10.1 Å². The molecule has 10 heteroatoms. The maximum atomic E-state index is 11.8. The minimum absolute atomic E-state index is 0.0293. The van der Waals surface area contributed by atoms with Crippen molar-refractivity contribution in [1.29, 1.82) is 0 Å². The minimum atomic E-state index is -0.690.